The number of nitrogens with zero attached hydrogens (tertiary/aromatic N) is 2. The van der Waals surface area contributed by atoms with Gasteiger partial charge in [0.2, 0.25) is 0 Å². The highest BCUT2D eigenvalue weighted by atomic mass is 16.2. The van der Waals surface area contributed by atoms with E-state index in [1.807, 2.05) is 19.1 Å². The molecule has 1 unspecified atom stereocenters. The summed E-state index contributed by atoms with van der Waals surface area (Å²) in [6, 6.07) is 8.36. The van der Waals surface area contributed by atoms with Crippen molar-refractivity contribution in [3.63, 3.8) is 0 Å². The monoisotopic (exact) mass is 284 g/mol. The van der Waals surface area contributed by atoms with E-state index >= 15 is 0 Å². The fraction of sp³-hybridized carbons (Fsp3) is 0.375. The number of hydrogen-bond donors (Lipinski definition) is 2. The standard InChI is InChI=1S/C16H20N4O/c1-2-20-15(13(17)10-18-20)16(21)19-14-9-5-7-11-6-3-4-8-12(11)14/h3-4,6,8,10,14H,2,5,7,9,17H2,1H3,(H,19,21). The molecule has 0 aliphatic heterocycles. The molecule has 1 heterocycles. The average Bonchev–Trinajstić information content (AvgIpc) is 2.88. The van der Waals surface area contributed by atoms with Crippen LogP contribution in [0.2, 0.25) is 0 Å². The van der Waals surface area contributed by atoms with Gasteiger partial charge >= 0.3 is 0 Å². The summed E-state index contributed by atoms with van der Waals surface area (Å²) in [5, 5.41) is 7.24. The molecule has 1 aliphatic rings. The normalized spacial score (nSPS) is 17.3. The molecule has 1 aromatic heterocycles. The number of aromatic nitrogens is 2. The fourth-order valence-corrected chi connectivity index (χ4v) is 3.02. The average molecular weight is 284 g/mol. The van der Waals surface area contributed by atoms with Crippen molar-refractivity contribution in [1.82, 2.24) is 15.1 Å². The quantitative estimate of drug-likeness (QED) is 0.908. The third-order valence-corrected chi connectivity index (χ3v) is 4.06. The number of nitrogen functional groups attached to an aromatic ring is 1. The zero-order valence-electron chi connectivity index (χ0n) is 12.2. The van der Waals surface area contributed by atoms with E-state index in [1.165, 1.54) is 17.3 Å². The molecule has 3 N–H and O–H groups in total. The molecular formula is C16H20N4O. The molecule has 0 spiro atoms. The van der Waals surface area contributed by atoms with Gasteiger partial charge in [0, 0.05) is 6.54 Å². The molecule has 0 bridgehead atoms. The van der Waals surface area contributed by atoms with Crippen molar-refractivity contribution in [1.29, 1.82) is 0 Å². The van der Waals surface area contributed by atoms with Crippen LogP contribution in [-0.4, -0.2) is 15.7 Å². The summed E-state index contributed by atoms with van der Waals surface area (Å²) in [6.45, 7) is 2.57. The van der Waals surface area contributed by atoms with Gasteiger partial charge in [0.25, 0.3) is 5.91 Å². The molecule has 1 amide bonds. The fourth-order valence-electron chi connectivity index (χ4n) is 3.02. The van der Waals surface area contributed by atoms with E-state index in [-0.39, 0.29) is 11.9 Å². The number of benzene rings is 1. The van der Waals surface area contributed by atoms with E-state index < -0.39 is 0 Å². The van der Waals surface area contributed by atoms with Crippen LogP contribution in [0.25, 0.3) is 0 Å². The lowest BCUT2D eigenvalue weighted by molar-refractivity contribution is 0.0923. The van der Waals surface area contributed by atoms with Gasteiger partial charge in [-0.1, -0.05) is 24.3 Å². The van der Waals surface area contributed by atoms with Gasteiger partial charge in [0.1, 0.15) is 5.69 Å². The summed E-state index contributed by atoms with van der Waals surface area (Å²) in [6.07, 6.45) is 4.66. The van der Waals surface area contributed by atoms with Crippen LogP contribution in [0.5, 0.6) is 0 Å². The van der Waals surface area contributed by atoms with Crippen LogP contribution in [0.15, 0.2) is 30.5 Å². The highest BCUT2D eigenvalue weighted by Gasteiger charge is 2.24. The first-order valence-corrected chi connectivity index (χ1v) is 7.40. The molecule has 0 saturated carbocycles. The second kappa shape index (κ2) is 5.60. The van der Waals surface area contributed by atoms with Crippen LogP contribution in [0, 0.1) is 0 Å². The number of rotatable bonds is 3. The van der Waals surface area contributed by atoms with E-state index in [2.05, 4.69) is 22.5 Å². The Balaban J connectivity index is 1.84. The zero-order chi connectivity index (χ0) is 14.8. The molecule has 0 radical (unpaired) electrons. The summed E-state index contributed by atoms with van der Waals surface area (Å²) in [4.78, 5) is 12.5. The predicted octanol–water partition coefficient (Wildman–Crippen LogP) is 2.29. The van der Waals surface area contributed by atoms with Crippen LogP contribution >= 0.6 is 0 Å². The Bertz CT molecular complexity index is 662. The Kier molecular flexibility index (Phi) is 3.64. The molecule has 1 atom stereocenters. The maximum atomic E-state index is 12.5. The highest BCUT2D eigenvalue weighted by molar-refractivity contribution is 5.97. The van der Waals surface area contributed by atoms with Crippen LogP contribution in [-0.2, 0) is 13.0 Å². The Morgan fingerprint density at radius 1 is 1.48 bits per heavy atom. The minimum absolute atomic E-state index is 0.0575. The van der Waals surface area contributed by atoms with Crippen molar-refractivity contribution in [3.05, 3.63) is 47.3 Å². The van der Waals surface area contributed by atoms with E-state index in [0.717, 1.165) is 19.3 Å². The van der Waals surface area contributed by atoms with Gasteiger partial charge in [-0.15, -0.1) is 0 Å². The van der Waals surface area contributed by atoms with E-state index in [9.17, 15) is 4.79 Å². The first-order valence-electron chi connectivity index (χ1n) is 7.40. The molecule has 110 valence electrons. The van der Waals surface area contributed by atoms with Crippen molar-refractivity contribution in [2.24, 2.45) is 0 Å². The minimum Gasteiger partial charge on any atom is -0.396 e. The van der Waals surface area contributed by atoms with Crippen LogP contribution in [0.4, 0.5) is 5.69 Å². The maximum Gasteiger partial charge on any atom is 0.272 e. The van der Waals surface area contributed by atoms with Gasteiger partial charge in [0.05, 0.1) is 17.9 Å². The number of nitrogens with one attached hydrogen (secondary N) is 1. The third-order valence-electron chi connectivity index (χ3n) is 4.06. The first kappa shape index (κ1) is 13.7. The van der Waals surface area contributed by atoms with Crippen molar-refractivity contribution in [2.45, 2.75) is 38.8 Å². The Hall–Kier alpha value is -2.30. The number of carbonyl (C=O) groups is 1. The highest BCUT2D eigenvalue weighted by Crippen LogP contribution is 2.29. The number of fused-ring (bicyclic) bond motifs is 1. The number of carbonyl (C=O) groups excluding carboxylic acids is 1. The zero-order valence-corrected chi connectivity index (χ0v) is 12.2. The van der Waals surface area contributed by atoms with Gasteiger partial charge in [-0.25, -0.2) is 0 Å². The number of nitrogens with two attached hydrogens (primary N) is 1. The van der Waals surface area contributed by atoms with Crippen LogP contribution < -0.4 is 11.1 Å². The Labute approximate surface area is 124 Å². The molecule has 1 aliphatic carbocycles. The molecule has 3 rings (SSSR count). The van der Waals surface area contributed by atoms with Crippen molar-refractivity contribution in [2.75, 3.05) is 5.73 Å². The van der Waals surface area contributed by atoms with Gasteiger partial charge in [0.15, 0.2) is 0 Å². The smallest absolute Gasteiger partial charge is 0.272 e. The van der Waals surface area contributed by atoms with Crippen molar-refractivity contribution >= 4 is 11.6 Å². The van der Waals surface area contributed by atoms with Gasteiger partial charge in [-0.3, -0.25) is 9.48 Å². The Morgan fingerprint density at radius 3 is 3.10 bits per heavy atom. The topological polar surface area (TPSA) is 72.9 Å². The summed E-state index contributed by atoms with van der Waals surface area (Å²) >= 11 is 0. The lowest BCUT2D eigenvalue weighted by Crippen LogP contribution is -2.32. The number of hydrogen-bond acceptors (Lipinski definition) is 3. The number of anilines is 1. The van der Waals surface area contributed by atoms with Crippen LogP contribution in [0.3, 0.4) is 0 Å². The largest absolute Gasteiger partial charge is 0.396 e. The lowest BCUT2D eigenvalue weighted by Gasteiger charge is -2.26. The van der Waals surface area contributed by atoms with E-state index in [4.69, 9.17) is 5.73 Å². The van der Waals surface area contributed by atoms with Gasteiger partial charge in [-0.05, 0) is 37.3 Å². The number of aryl methyl sites for hydroxylation is 2. The van der Waals surface area contributed by atoms with E-state index in [1.54, 1.807) is 4.68 Å². The second-order valence-corrected chi connectivity index (χ2v) is 5.38. The predicted molar refractivity (Wildman–Crippen MR) is 81.9 cm³/mol. The summed E-state index contributed by atoms with van der Waals surface area (Å²) < 4.78 is 1.64. The minimum atomic E-state index is -0.145. The molecule has 5 heteroatoms. The molecular weight excluding hydrogens is 264 g/mol. The summed E-state index contributed by atoms with van der Waals surface area (Å²) in [5.74, 6) is -0.145. The SMILES string of the molecule is CCn1ncc(N)c1C(=O)NC1CCCc2ccccc21. The molecule has 0 fully saturated rings. The third kappa shape index (κ3) is 2.51. The molecule has 0 saturated heterocycles. The lowest BCUT2D eigenvalue weighted by atomic mass is 9.87. The maximum absolute atomic E-state index is 12.5. The first-order chi connectivity index (χ1) is 10.2. The van der Waals surface area contributed by atoms with Crippen molar-refractivity contribution < 1.29 is 4.79 Å². The molecule has 21 heavy (non-hydrogen) atoms. The molecule has 1 aromatic carbocycles. The molecule has 2 aromatic rings. The number of amides is 1. The Morgan fingerprint density at radius 2 is 2.29 bits per heavy atom. The summed E-state index contributed by atoms with van der Waals surface area (Å²) in [5.41, 5.74) is 9.31. The second-order valence-electron chi connectivity index (χ2n) is 5.38. The van der Waals surface area contributed by atoms with Gasteiger partial charge < -0.3 is 11.1 Å². The van der Waals surface area contributed by atoms with Crippen LogP contribution in [0.1, 0.15) is 47.4 Å². The summed E-state index contributed by atoms with van der Waals surface area (Å²) in [7, 11) is 0. The molecule has 5 nitrogen and oxygen atoms in total. The van der Waals surface area contributed by atoms with E-state index in [0.29, 0.717) is 17.9 Å². The van der Waals surface area contributed by atoms with Gasteiger partial charge in [-0.2, -0.15) is 5.10 Å². The van der Waals surface area contributed by atoms with Crippen molar-refractivity contribution in [3.8, 4) is 0 Å².